The summed E-state index contributed by atoms with van der Waals surface area (Å²) >= 11 is 1.42. The number of likely N-dealkylation sites (tertiary alicyclic amines) is 1. The highest BCUT2D eigenvalue weighted by Gasteiger charge is 2.36. The van der Waals surface area contributed by atoms with E-state index in [0.29, 0.717) is 10.3 Å². The van der Waals surface area contributed by atoms with Crippen molar-refractivity contribution in [1.82, 2.24) is 4.90 Å². The lowest BCUT2D eigenvalue weighted by Crippen LogP contribution is -3.00. The highest BCUT2D eigenvalue weighted by molar-refractivity contribution is 7.89. The number of nitrogens with zero attached hydrogens (tertiary/aromatic N) is 2. The number of carbonyl (C=O) groups is 1. The lowest BCUT2D eigenvalue weighted by molar-refractivity contribution is -0.749. The normalized spacial score (nSPS) is 28.8. The van der Waals surface area contributed by atoms with Crippen molar-refractivity contribution >= 4 is 18.1 Å². The van der Waals surface area contributed by atoms with Crippen LogP contribution in [0.25, 0.3) is 0 Å². The molecular formula is C10H17ClN2O2S. The lowest BCUT2D eigenvalue weighted by atomic mass is 10.1. The predicted octanol–water partition coefficient (Wildman–Crippen LogP) is -1.14. The minimum Gasteiger partial charge on any atom is -1.00 e. The van der Waals surface area contributed by atoms with Gasteiger partial charge in [-0.25, -0.2) is 0 Å². The number of amides is 1. The standard InChI is InChI=1S/C10H17N2O2S.ClH/c1-2-12(7-8-14-15-12)9-11-6-4-3-5-10(11)13;/h7-8H,2-6,9H2,1H3;1H/q+1;/p-1. The second kappa shape index (κ2) is 5.80. The van der Waals surface area contributed by atoms with Crippen molar-refractivity contribution in [3.63, 3.8) is 0 Å². The molecule has 0 bridgehead atoms. The molecular weight excluding hydrogens is 248 g/mol. The van der Waals surface area contributed by atoms with Crippen LogP contribution in [0.15, 0.2) is 12.5 Å². The Kier molecular flexibility index (Phi) is 4.95. The van der Waals surface area contributed by atoms with Gasteiger partial charge in [0.2, 0.25) is 5.91 Å². The molecule has 1 unspecified atom stereocenters. The highest BCUT2D eigenvalue weighted by Crippen LogP contribution is 2.31. The summed E-state index contributed by atoms with van der Waals surface area (Å²) in [6.07, 6.45) is 6.61. The Bertz CT molecular complexity index is 288. The second-order valence-corrected chi connectivity index (χ2v) is 5.05. The summed E-state index contributed by atoms with van der Waals surface area (Å²) in [6, 6.07) is 0. The first-order valence-electron chi connectivity index (χ1n) is 5.43. The van der Waals surface area contributed by atoms with Crippen molar-refractivity contribution < 1.29 is 25.3 Å². The average molecular weight is 265 g/mol. The maximum absolute atomic E-state index is 11.7. The minimum absolute atomic E-state index is 0. The molecule has 6 heteroatoms. The molecule has 2 aliphatic rings. The van der Waals surface area contributed by atoms with Crippen LogP contribution in [0.2, 0.25) is 0 Å². The summed E-state index contributed by atoms with van der Waals surface area (Å²) in [5, 5.41) is 0. The molecule has 0 aromatic rings. The molecule has 2 heterocycles. The monoisotopic (exact) mass is 264 g/mol. The van der Waals surface area contributed by atoms with E-state index in [-0.39, 0.29) is 18.3 Å². The van der Waals surface area contributed by atoms with Crippen LogP contribution in [0.1, 0.15) is 26.2 Å². The first-order valence-corrected chi connectivity index (χ1v) is 6.13. The first kappa shape index (κ1) is 13.7. The van der Waals surface area contributed by atoms with Gasteiger partial charge in [-0.15, -0.1) is 0 Å². The third kappa shape index (κ3) is 2.84. The van der Waals surface area contributed by atoms with Crippen LogP contribution < -0.4 is 12.4 Å². The molecule has 0 N–H and O–H groups in total. The van der Waals surface area contributed by atoms with E-state index in [1.165, 1.54) is 12.2 Å². The van der Waals surface area contributed by atoms with Crippen molar-refractivity contribution in [3.8, 4) is 0 Å². The molecule has 0 aromatic carbocycles. The fourth-order valence-electron chi connectivity index (χ4n) is 1.90. The van der Waals surface area contributed by atoms with Crippen LogP contribution in [-0.4, -0.2) is 34.5 Å². The molecule has 0 aliphatic carbocycles. The molecule has 0 radical (unpaired) electrons. The molecule has 0 aromatic heterocycles. The molecule has 1 atom stereocenters. The van der Waals surface area contributed by atoms with E-state index in [2.05, 4.69) is 6.92 Å². The van der Waals surface area contributed by atoms with Crippen molar-refractivity contribution in [1.29, 1.82) is 0 Å². The molecule has 1 saturated heterocycles. The van der Waals surface area contributed by atoms with Crippen LogP contribution in [-0.2, 0) is 8.98 Å². The number of carbonyl (C=O) groups excluding carboxylic acids is 1. The smallest absolute Gasteiger partial charge is 0.319 e. The Balaban J connectivity index is 0.00000128. The van der Waals surface area contributed by atoms with Crippen molar-refractivity contribution in [2.45, 2.75) is 26.2 Å². The number of quaternary nitrogens is 1. The lowest BCUT2D eigenvalue weighted by Gasteiger charge is -2.33. The van der Waals surface area contributed by atoms with E-state index in [1.54, 1.807) is 6.26 Å². The Hall–Kier alpha value is -0.390. The molecule has 2 rings (SSSR count). The Morgan fingerprint density at radius 2 is 2.38 bits per heavy atom. The molecule has 0 saturated carbocycles. The maximum atomic E-state index is 11.7. The van der Waals surface area contributed by atoms with Gasteiger partial charge in [-0.1, -0.05) is 0 Å². The minimum atomic E-state index is 0. The average Bonchev–Trinajstić information content (AvgIpc) is 2.71. The third-order valence-corrected chi connectivity index (χ3v) is 3.94. The molecule has 2 aliphatic heterocycles. The van der Waals surface area contributed by atoms with Crippen LogP contribution in [0.5, 0.6) is 0 Å². The van der Waals surface area contributed by atoms with E-state index in [0.717, 1.165) is 32.6 Å². The molecule has 0 spiro atoms. The largest absolute Gasteiger partial charge is 1.00 e. The molecule has 92 valence electrons. The van der Waals surface area contributed by atoms with Gasteiger partial charge in [0, 0.05) is 13.0 Å². The number of halogens is 1. The van der Waals surface area contributed by atoms with Gasteiger partial charge in [0.1, 0.15) is 6.20 Å². The Morgan fingerprint density at radius 3 is 2.94 bits per heavy atom. The van der Waals surface area contributed by atoms with Crippen LogP contribution in [0, 0.1) is 0 Å². The summed E-state index contributed by atoms with van der Waals surface area (Å²) in [5.41, 5.74) is 0. The summed E-state index contributed by atoms with van der Waals surface area (Å²) in [4.78, 5) is 13.6. The van der Waals surface area contributed by atoms with E-state index >= 15 is 0 Å². The third-order valence-electron chi connectivity index (χ3n) is 2.95. The predicted molar refractivity (Wildman–Crippen MR) is 59.0 cm³/mol. The van der Waals surface area contributed by atoms with Gasteiger partial charge in [0.05, 0.1) is 6.54 Å². The fourth-order valence-corrected chi connectivity index (χ4v) is 2.56. The maximum Gasteiger partial charge on any atom is 0.319 e. The van der Waals surface area contributed by atoms with E-state index in [4.69, 9.17) is 4.18 Å². The SMILES string of the molecule is CC[N+]1(CN2CCCCC2=O)C=COS1.[Cl-]. The van der Waals surface area contributed by atoms with Crippen LogP contribution in [0.4, 0.5) is 0 Å². The number of hydrogen-bond acceptors (Lipinski definition) is 3. The van der Waals surface area contributed by atoms with E-state index in [9.17, 15) is 4.79 Å². The van der Waals surface area contributed by atoms with Crippen LogP contribution in [0.3, 0.4) is 0 Å². The van der Waals surface area contributed by atoms with Gasteiger partial charge in [0.25, 0.3) is 0 Å². The highest BCUT2D eigenvalue weighted by atomic mass is 35.5. The number of hydrogen-bond donors (Lipinski definition) is 0. The summed E-state index contributed by atoms with van der Waals surface area (Å²) in [7, 11) is 0. The van der Waals surface area contributed by atoms with Gasteiger partial charge in [0.15, 0.2) is 12.9 Å². The van der Waals surface area contributed by atoms with Gasteiger partial charge < -0.3 is 16.6 Å². The molecule has 4 nitrogen and oxygen atoms in total. The molecule has 1 fully saturated rings. The molecule has 16 heavy (non-hydrogen) atoms. The number of rotatable bonds is 3. The van der Waals surface area contributed by atoms with Crippen molar-refractivity contribution in [2.24, 2.45) is 0 Å². The summed E-state index contributed by atoms with van der Waals surface area (Å²) < 4.78 is 5.87. The zero-order chi connectivity index (χ0) is 10.7. The van der Waals surface area contributed by atoms with Crippen LogP contribution >= 0.6 is 12.2 Å². The van der Waals surface area contributed by atoms with E-state index < -0.39 is 0 Å². The molecule has 1 amide bonds. The van der Waals surface area contributed by atoms with Crippen molar-refractivity contribution in [2.75, 3.05) is 19.8 Å². The summed E-state index contributed by atoms with van der Waals surface area (Å²) in [5.74, 6) is 0.285. The summed E-state index contributed by atoms with van der Waals surface area (Å²) in [6.45, 7) is 4.68. The van der Waals surface area contributed by atoms with Crippen molar-refractivity contribution in [3.05, 3.63) is 12.5 Å². The van der Waals surface area contributed by atoms with Gasteiger partial charge in [-0.05, 0) is 19.8 Å². The Labute approximate surface area is 107 Å². The topological polar surface area (TPSA) is 29.5 Å². The quantitative estimate of drug-likeness (QED) is 0.367. The van der Waals surface area contributed by atoms with Gasteiger partial charge in [-0.2, -0.15) is 3.89 Å². The fraction of sp³-hybridized carbons (Fsp3) is 0.700. The van der Waals surface area contributed by atoms with Gasteiger partial charge >= 0.3 is 12.2 Å². The zero-order valence-electron chi connectivity index (χ0n) is 9.39. The first-order chi connectivity index (χ1) is 7.26. The number of piperidine rings is 1. The Morgan fingerprint density at radius 1 is 1.56 bits per heavy atom. The van der Waals surface area contributed by atoms with Gasteiger partial charge in [-0.3, -0.25) is 9.69 Å². The second-order valence-electron chi connectivity index (χ2n) is 3.98. The zero-order valence-corrected chi connectivity index (χ0v) is 11.0. The van der Waals surface area contributed by atoms with E-state index in [1.807, 2.05) is 11.1 Å².